The van der Waals surface area contributed by atoms with Gasteiger partial charge in [0, 0.05) is 25.7 Å². The van der Waals surface area contributed by atoms with Crippen LogP contribution in [0.15, 0.2) is 5.10 Å². The highest BCUT2D eigenvalue weighted by atomic mass is 16.5. The number of nitrogens with zero attached hydrogens (tertiary/aromatic N) is 2. The standard InChI is InChI=1S/C12H25N3O2/c1-5-11(8-9-12(16)17-7-3)13-10-15(4)14-6-2/h6,11,13H,5,7-10H2,1-4H3/b14-6-. The monoisotopic (exact) mass is 243 g/mol. The van der Waals surface area contributed by atoms with Crippen molar-refractivity contribution in [2.24, 2.45) is 5.10 Å². The Morgan fingerprint density at radius 3 is 2.76 bits per heavy atom. The Labute approximate surface area is 104 Å². The van der Waals surface area contributed by atoms with Gasteiger partial charge in [0.05, 0.1) is 13.3 Å². The van der Waals surface area contributed by atoms with E-state index in [1.54, 1.807) is 6.21 Å². The van der Waals surface area contributed by atoms with Gasteiger partial charge in [0.1, 0.15) is 0 Å². The van der Waals surface area contributed by atoms with Crippen LogP contribution in [0.2, 0.25) is 0 Å². The maximum atomic E-state index is 11.2. The van der Waals surface area contributed by atoms with Gasteiger partial charge in [-0.3, -0.25) is 15.1 Å². The molecule has 0 spiro atoms. The number of esters is 1. The molecule has 5 nitrogen and oxygen atoms in total. The zero-order valence-electron chi connectivity index (χ0n) is 11.4. The van der Waals surface area contributed by atoms with E-state index in [1.165, 1.54) is 0 Å². The third kappa shape index (κ3) is 8.68. The number of rotatable bonds is 9. The Morgan fingerprint density at radius 2 is 2.24 bits per heavy atom. The zero-order chi connectivity index (χ0) is 13.1. The van der Waals surface area contributed by atoms with Crippen molar-refractivity contribution in [3.63, 3.8) is 0 Å². The SMILES string of the molecule is C/C=N\N(C)CNC(CC)CCC(=O)OCC. The largest absolute Gasteiger partial charge is 0.466 e. The van der Waals surface area contributed by atoms with Crippen molar-refractivity contribution in [2.45, 2.75) is 46.1 Å². The lowest BCUT2D eigenvalue weighted by atomic mass is 10.1. The summed E-state index contributed by atoms with van der Waals surface area (Å²) in [6.07, 6.45) is 4.02. The number of hydrogen-bond acceptors (Lipinski definition) is 5. The molecular weight excluding hydrogens is 218 g/mol. The number of hydrazone groups is 1. The van der Waals surface area contributed by atoms with E-state index < -0.39 is 0 Å². The average Bonchev–Trinajstić information content (AvgIpc) is 2.30. The van der Waals surface area contributed by atoms with Crippen LogP contribution in [0.1, 0.15) is 40.0 Å². The minimum atomic E-state index is -0.118. The van der Waals surface area contributed by atoms with Crippen molar-refractivity contribution in [1.82, 2.24) is 10.3 Å². The molecule has 100 valence electrons. The highest BCUT2D eigenvalue weighted by molar-refractivity contribution is 5.69. The van der Waals surface area contributed by atoms with Crippen LogP contribution in [0.3, 0.4) is 0 Å². The van der Waals surface area contributed by atoms with Gasteiger partial charge < -0.3 is 4.74 Å². The molecule has 1 unspecified atom stereocenters. The van der Waals surface area contributed by atoms with Crippen LogP contribution in [0, 0.1) is 0 Å². The topological polar surface area (TPSA) is 53.9 Å². The zero-order valence-corrected chi connectivity index (χ0v) is 11.4. The van der Waals surface area contributed by atoms with Gasteiger partial charge in [0.25, 0.3) is 0 Å². The predicted molar refractivity (Wildman–Crippen MR) is 69.9 cm³/mol. The van der Waals surface area contributed by atoms with Crippen molar-refractivity contribution >= 4 is 12.2 Å². The molecule has 0 bridgehead atoms. The van der Waals surface area contributed by atoms with E-state index in [9.17, 15) is 4.79 Å². The van der Waals surface area contributed by atoms with Crippen LogP contribution in [0.5, 0.6) is 0 Å². The quantitative estimate of drug-likeness (QED) is 0.289. The summed E-state index contributed by atoms with van der Waals surface area (Å²) in [6.45, 7) is 6.95. The molecule has 0 aliphatic heterocycles. The molecule has 17 heavy (non-hydrogen) atoms. The van der Waals surface area contributed by atoms with Crippen LogP contribution >= 0.6 is 0 Å². The summed E-state index contributed by atoms with van der Waals surface area (Å²) in [6, 6.07) is 0.328. The predicted octanol–water partition coefficient (Wildman–Crippen LogP) is 1.59. The lowest BCUT2D eigenvalue weighted by Gasteiger charge is -2.20. The summed E-state index contributed by atoms with van der Waals surface area (Å²) < 4.78 is 4.90. The van der Waals surface area contributed by atoms with Crippen molar-refractivity contribution in [3.05, 3.63) is 0 Å². The molecule has 0 aliphatic carbocycles. The highest BCUT2D eigenvalue weighted by Crippen LogP contribution is 2.03. The molecule has 0 fully saturated rings. The maximum absolute atomic E-state index is 11.2. The molecule has 0 aromatic rings. The first-order valence-corrected chi connectivity index (χ1v) is 6.22. The van der Waals surface area contributed by atoms with Gasteiger partial charge in [-0.05, 0) is 26.7 Å². The van der Waals surface area contributed by atoms with Crippen LogP contribution in [0.4, 0.5) is 0 Å². The Kier molecular flexibility index (Phi) is 9.43. The summed E-state index contributed by atoms with van der Waals surface area (Å²) >= 11 is 0. The van der Waals surface area contributed by atoms with Crippen LogP contribution in [-0.4, -0.2) is 43.6 Å². The highest BCUT2D eigenvalue weighted by Gasteiger charge is 2.09. The van der Waals surface area contributed by atoms with Crippen molar-refractivity contribution in [1.29, 1.82) is 0 Å². The molecule has 1 atom stereocenters. The molecule has 0 aliphatic rings. The van der Waals surface area contributed by atoms with Gasteiger partial charge in [-0.15, -0.1) is 0 Å². The van der Waals surface area contributed by atoms with Gasteiger partial charge in [-0.1, -0.05) is 6.92 Å². The fourth-order valence-corrected chi connectivity index (χ4v) is 1.47. The molecule has 0 amide bonds. The van der Waals surface area contributed by atoms with E-state index in [-0.39, 0.29) is 5.97 Å². The number of carbonyl (C=O) groups excluding carboxylic acids is 1. The summed E-state index contributed by atoms with van der Waals surface area (Å²) in [7, 11) is 1.91. The van der Waals surface area contributed by atoms with Crippen LogP contribution in [0.25, 0.3) is 0 Å². The Hall–Kier alpha value is -1.10. The van der Waals surface area contributed by atoms with Crippen LogP contribution < -0.4 is 5.32 Å². The molecular formula is C12H25N3O2. The number of nitrogens with one attached hydrogen (secondary N) is 1. The van der Waals surface area contributed by atoms with Crippen LogP contribution in [-0.2, 0) is 9.53 Å². The van der Waals surface area contributed by atoms with E-state index in [4.69, 9.17) is 4.74 Å². The van der Waals surface area contributed by atoms with Gasteiger partial charge in [0.2, 0.25) is 0 Å². The lowest BCUT2D eigenvalue weighted by Crippen LogP contribution is -2.36. The minimum Gasteiger partial charge on any atom is -0.466 e. The summed E-state index contributed by atoms with van der Waals surface area (Å²) in [5.74, 6) is -0.118. The molecule has 0 rings (SSSR count). The second-order valence-electron chi connectivity index (χ2n) is 3.84. The molecule has 5 heteroatoms. The lowest BCUT2D eigenvalue weighted by molar-refractivity contribution is -0.143. The number of hydrogen-bond donors (Lipinski definition) is 1. The summed E-state index contributed by atoms with van der Waals surface area (Å²) in [5, 5.41) is 9.29. The van der Waals surface area contributed by atoms with Gasteiger partial charge in [0.15, 0.2) is 0 Å². The third-order valence-corrected chi connectivity index (χ3v) is 2.42. The van der Waals surface area contributed by atoms with E-state index in [1.807, 2.05) is 25.9 Å². The first-order valence-electron chi connectivity index (χ1n) is 6.22. The first-order chi connectivity index (χ1) is 8.13. The third-order valence-electron chi connectivity index (χ3n) is 2.42. The Balaban J connectivity index is 3.80. The second-order valence-corrected chi connectivity index (χ2v) is 3.84. The Morgan fingerprint density at radius 1 is 1.53 bits per heavy atom. The van der Waals surface area contributed by atoms with E-state index in [2.05, 4.69) is 17.3 Å². The maximum Gasteiger partial charge on any atom is 0.305 e. The van der Waals surface area contributed by atoms with Gasteiger partial charge in [-0.25, -0.2) is 0 Å². The first kappa shape index (κ1) is 15.9. The fourth-order valence-electron chi connectivity index (χ4n) is 1.47. The van der Waals surface area contributed by atoms with Crippen molar-refractivity contribution < 1.29 is 9.53 Å². The molecule has 0 radical (unpaired) electrons. The van der Waals surface area contributed by atoms with Crippen molar-refractivity contribution in [3.8, 4) is 0 Å². The second kappa shape index (κ2) is 10.1. The molecule has 0 heterocycles. The van der Waals surface area contributed by atoms with Gasteiger partial charge >= 0.3 is 5.97 Å². The molecule has 1 N–H and O–H groups in total. The van der Waals surface area contributed by atoms with E-state index in [0.29, 0.717) is 25.7 Å². The molecule has 0 saturated carbocycles. The molecule has 0 aromatic carbocycles. The normalized spacial score (nSPS) is 12.7. The van der Waals surface area contributed by atoms with E-state index in [0.717, 1.165) is 12.8 Å². The minimum absolute atomic E-state index is 0.118. The smallest absolute Gasteiger partial charge is 0.305 e. The molecule has 0 aromatic heterocycles. The van der Waals surface area contributed by atoms with Gasteiger partial charge in [-0.2, -0.15) is 5.10 Å². The van der Waals surface area contributed by atoms with E-state index >= 15 is 0 Å². The summed E-state index contributed by atoms with van der Waals surface area (Å²) in [4.78, 5) is 11.2. The number of ether oxygens (including phenoxy) is 1. The molecule has 0 saturated heterocycles. The number of carbonyl (C=O) groups is 1. The summed E-state index contributed by atoms with van der Waals surface area (Å²) in [5.41, 5.74) is 0. The van der Waals surface area contributed by atoms with Crippen molar-refractivity contribution in [2.75, 3.05) is 20.3 Å². The Bertz CT molecular complexity index is 232. The fraction of sp³-hybridized carbons (Fsp3) is 0.833. The average molecular weight is 243 g/mol.